The first kappa shape index (κ1) is 16.6. The molecule has 0 aliphatic heterocycles. The molecule has 1 aromatic heterocycles. The molecule has 0 aliphatic rings. The summed E-state index contributed by atoms with van der Waals surface area (Å²) >= 11 is 6.37. The summed E-state index contributed by atoms with van der Waals surface area (Å²) in [5.41, 5.74) is 4.19. The Kier molecular flexibility index (Phi) is 5.18. The van der Waals surface area contributed by atoms with Crippen LogP contribution in [0.1, 0.15) is 17.4 Å². The number of aromatic amines is 1. The minimum atomic E-state index is 0.0789. The molecular formula is C19H21ClN4. The van der Waals surface area contributed by atoms with Gasteiger partial charge in [-0.3, -0.25) is 0 Å². The zero-order valence-electron chi connectivity index (χ0n) is 13.8. The van der Waals surface area contributed by atoms with Crippen molar-refractivity contribution in [2.24, 2.45) is 0 Å². The van der Waals surface area contributed by atoms with E-state index >= 15 is 0 Å². The number of halogens is 1. The molecule has 0 saturated carbocycles. The lowest BCUT2D eigenvalue weighted by Crippen LogP contribution is -2.20. The molecule has 0 fully saturated rings. The van der Waals surface area contributed by atoms with Gasteiger partial charge >= 0.3 is 0 Å². The topological polar surface area (TPSA) is 52.7 Å². The van der Waals surface area contributed by atoms with Crippen LogP contribution in [0.25, 0.3) is 11.3 Å². The molecule has 3 N–H and O–H groups in total. The summed E-state index contributed by atoms with van der Waals surface area (Å²) in [4.78, 5) is 7.91. The van der Waals surface area contributed by atoms with E-state index in [0.29, 0.717) is 5.15 Å². The summed E-state index contributed by atoms with van der Waals surface area (Å²) in [5, 5.41) is 6.92. The van der Waals surface area contributed by atoms with E-state index in [1.807, 2.05) is 56.6 Å². The number of imidazole rings is 1. The van der Waals surface area contributed by atoms with Gasteiger partial charge in [0.2, 0.25) is 0 Å². The fourth-order valence-corrected chi connectivity index (χ4v) is 2.96. The van der Waals surface area contributed by atoms with Gasteiger partial charge in [-0.15, -0.1) is 0 Å². The summed E-state index contributed by atoms with van der Waals surface area (Å²) < 4.78 is 0. The molecule has 5 heteroatoms. The van der Waals surface area contributed by atoms with Gasteiger partial charge in [-0.1, -0.05) is 54.1 Å². The molecule has 0 amide bonds. The Hall–Kier alpha value is -2.30. The molecule has 0 spiro atoms. The third-order valence-electron chi connectivity index (χ3n) is 4.10. The van der Waals surface area contributed by atoms with Crippen LogP contribution >= 0.6 is 11.6 Å². The highest BCUT2D eigenvalue weighted by atomic mass is 35.5. The van der Waals surface area contributed by atoms with E-state index in [0.717, 1.165) is 29.2 Å². The van der Waals surface area contributed by atoms with E-state index in [2.05, 4.69) is 32.7 Å². The molecular weight excluding hydrogens is 320 g/mol. The summed E-state index contributed by atoms with van der Waals surface area (Å²) in [6, 6.07) is 18.5. The van der Waals surface area contributed by atoms with E-state index in [1.54, 1.807) is 0 Å². The van der Waals surface area contributed by atoms with Gasteiger partial charge in [0.1, 0.15) is 5.82 Å². The second-order valence-electron chi connectivity index (χ2n) is 5.65. The Balaban J connectivity index is 1.86. The first-order valence-electron chi connectivity index (χ1n) is 7.96. The van der Waals surface area contributed by atoms with E-state index in [4.69, 9.17) is 11.6 Å². The average Bonchev–Trinajstić information content (AvgIpc) is 3.02. The summed E-state index contributed by atoms with van der Waals surface area (Å²) in [7, 11) is 3.84. The van der Waals surface area contributed by atoms with E-state index in [9.17, 15) is 0 Å². The number of nitrogens with zero attached hydrogens (tertiary/aromatic N) is 1. The summed E-state index contributed by atoms with van der Waals surface area (Å²) in [6.45, 7) is 0. The van der Waals surface area contributed by atoms with Crippen molar-refractivity contribution in [3.63, 3.8) is 0 Å². The van der Waals surface area contributed by atoms with Crippen molar-refractivity contribution in [3.05, 3.63) is 71.1 Å². The second-order valence-corrected chi connectivity index (χ2v) is 6.00. The lowest BCUT2D eigenvalue weighted by atomic mass is 10.1. The first-order valence-corrected chi connectivity index (χ1v) is 8.34. The van der Waals surface area contributed by atoms with Gasteiger partial charge in [0.05, 0.1) is 11.7 Å². The lowest BCUT2D eigenvalue weighted by molar-refractivity contribution is 0.563. The predicted molar refractivity (Wildman–Crippen MR) is 101 cm³/mol. The molecule has 0 bridgehead atoms. The van der Waals surface area contributed by atoms with Crippen molar-refractivity contribution in [1.82, 2.24) is 15.3 Å². The number of H-pyrrole nitrogens is 1. The zero-order valence-corrected chi connectivity index (χ0v) is 14.6. The molecule has 0 saturated heterocycles. The molecule has 2 aromatic carbocycles. The summed E-state index contributed by atoms with van der Waals surface area (Å²) in [6.07, 6.45) is 0.847. The molecule has 124 valence electrons. The quantitative estimate of drug-likeness (QED) is 0.628. The largest absolute Gasteiger partial charge is 0.388 e. The zero-order chi connectivity index (χ0) is 16.9. The average molecular weight is 341 g/mol. The molecule has 1 unspecified atom stereocenters. The monoisotopic (exact) mass is 340 g/mol. The number of benzene rings is 2. The number of anilines is 1. The molecule has 1 atom stereocenters. The number of hydrogen-bond donors (Lipinski definition) is 3. The Morgan fingerprint density at radius 1 is 1.04 bits per heavy atom. The van der Waals surface area contributed by atoms with Crippen LogP contribution in [-0.4, -0.2) is 24.1 Å². The Labute approximate surface area is 147 Å². The van der Waals surface area contributed by atoms with Crippen LogP contribution < -0.4 is 10.6 Å². The highest BCUT2D eigenvalue weighted by Crippen LogP contribution is 2.29. The van der Waals surface area contributed by atoms with Crippen LogP contribution in [-0.2, 0) is 6.42 Å². The van der Waals surface area contributed by atoms with Gasteiger partial charge in [-0.2, -0.15) is 0 Å². The van der Waals surface area contributed by atoms with Gasteiger partial charge in [-0.25, -0.2) is 4.98 Å². The van der Waals surface area contributed by atoms with Gasteiger partial charge in [-0.05, 0) is 31.2 Å². The molecule has 0 radical (unpaired) electrons. The highest BCUT2D eigenvalue weighted by molar-refractivity contribution is 6.31. The van der Waals surface area contributed by atoms with Crippen molar-refractivity contribution < 1.29 is 0 Å². The fourth-order valence-electron chi connectivity index (χ4n) is 2.71. The number of rotatable bonds is 6. The van der Waals surface area contributed by atoms with Gasteiger partial charge in [0, 0.05) is 18.3 Å². The first-order chi connectivity index (χ1) is 11.7. The highest BCUT2D eigenvalue weighted by Gasteiger charge is 2.17. The van der Waals surface area contributed by atoms with Crippen molar-refractivity contribution in [2.75, 3.05) is 19.4 Å². The lowest BCUT2D eigenvalue weighted by Gasteiger charge is -2.13. The fraction of sp³-hybridized carbons (Fsp3) is 0.211. The molecule has 3 rings (SSSR count). The van der Waals surface area contributed by atoms with E-state index in [1.165, 1.54) is 5.56 Å². The standard InChI is InChI=1S/C19H21ClN4/c1-21-15-10-8-14(9-11-15)17-18(20)24-19(23-17)16(22-2)12-13-6-4-3-5-7-13/h3-11,16,21-22H,12H2,1-2H3,(H,23,24). The van der Waals surface area contributed by atoms with Gasteiger partial charge < -0.3 is 15.6 Å². The van der Waals surface area contributed by atoms with Crippen LogP contribution in [0, 0.1) is 0 Å². The minimum Gasteiger partial charge on any atom is -0.388 e. The molecule has 3 aromatic rings. The van der Waals surface area contributed by atoms with Gasteiger partial charge in [0.15, 0.2) is 5.15 Å². The van der Waals surface area contributed by atoms with Crippen LogP contribution in [0.3, 0.4) is 0 Å². The molecule has 24 heavy (non-hydrogen) atoms. The maximum atomic E-state index is 6.37. The Bertz CT molecular complexity index is 781. The van der Waals surface area contributed by atoms with Gasteiger partial charge in [0.25, 0.3) is 0 Å². The Morgan fingerprint density at radius 3 is 2.38 bits per heavy atom. The van der Waals surface area contributed by atoms with Crippen LogP contribution in [0.15, 0.2) is 54.6 Å². The number of nitrogens with one attached hydrogen (secondary N) is 3. The third kappa shape index (κ3) is 3.61. The number of hydrogen-bond acceptors (Lipinski definition) is 3. The minimum absolute atomic E-state index is 0.0789. The van der Waals surface area contributed by atoms with Crippen molar-refractivity contribution in [1.29, 1.82) is 0 Å². The Morgan fingerprint density at radius 2 is 1.75 bits per heavy atom. The molecule has 1 heterocycles. The summed E-state index contributed by atoms with van der Waals surface area (Å²) in [5.74, 6) is 0.846. The van der Waals surface area contributed by atoms with Crippen LogP contribution in [0.2, 0.25) is 5.15 Å². The van der Waals surface area contributed by atoms with Crippen molar-refractivity contribution in [2.45, 2.75) is 12.5 Å². The normalized spacial score (nSPS) is 12.1. The predicted octanol–water partition coefficient (Wildman–Crippen LogP) is 4.28. The van der Waals surface area contributed by atoms with Crippen molar-refractivity contribution in [3.8, 4) is 11.3 Å². The second kappa shape index (κ2) is 7.51. The van der Waals surface area contributed by atoms with E-state index < -0.39 is 0 Å². The van der Waals surface area contributed by atoms with Crippen molar-refractivity contribution >= 4 is 17.3 Å². The maximum absolute atomic E-state index is 6.37. The smallest absolute Gasteiger partial charge is 0.155 e. The van der Waals surface area contributed by atoms with Crippen LogP contribution in [0.5, 0.6) is 0 Å². The SMILES string of the molecule is CNc1ccc(-c2[nH]c(C(Cc3ccccc3)NC)nc2Cl)cc1. The molecule has 0 aliphatic carbocycles. The molecule has 4 nitrogen and oxygen atoms in total. The maximum Gasteiger partial charge on any atom is 0.155 e. The van der Waals surface area contributed by atoms with E-state index in [-0.39, 0.29) is 6.04 Å². The van der Waals surface area contributed by atoms with Crippen LogP contribution in [0.4, 0.5) is 5.69 Å². The number of likely N-dealkylation sites (N-methyl/N-ethyl adjacent to an activating group) is 1. The third-order valence-corrected chi connectivity index (χ3v) is 4.37. The number of aromatic nitrogens is 2.